The fourth-order valence-corrected chi connectivity index (χ4v) is 3.16. The second kappa shape index (κ2) is 5.07. The topological polar surface area (TPSA) is 71.3 Å². The van der Waals surface area contributed by atoms with Crippen LogP contribution in [0.3, 0.4) is 0 Å². The number of fused-ring (bicyclic) bond motifs is 1. The quantitative estimate of drug-likeness (QED) is 0.915. The van der Waals surface area contributed by atoms with Crippen molar-refractivity contribution in [2.24, 2.45) is 13.0 Å². The molecule has 0 saturated heterocycles. The van der Waals surface area contributed by atoms with Gasteiger partial charge in [-0.05, 0) is 18.9 Å². The average molecular weight is 307 g/mol. The molecule has 2 aromatic rings. The van der Waals surface area contributed by atoms with Gasteiger partial charge in [0.25, 0.3) is 5.91 Å². The molecule has 2 N–H and O–H groups in total. The van der Waals surface area contributed by atoms with Crippen LogP contribution >= 0.6 is 11.6 Å². The van der Waals surface area contributed by atoms with Crippen molar-refractivity contribution < 1.29 is 14.7 Å². The minimum Gasteiger partial charge on any atom is -0.481 e. The highest BCUT2D eigenvalue weighted by atomic mass is 35.5. The molecule has 1 aliphatic rings. The number of rotatable bonds is 3. The number of benzene rings is 1. The summed E-state index contributed by atoms with van der Waals surface area (Å²) in [5.41, 5.74) is 1.31. The first-order valence-corrected chi connectivity index (χ1v) is 7.13. The highest BCUT2D eigenvalue weighted by molar-refractivity contribution is 6.38. The van der Waals surface area contributed by atoms with Gasteiger partial charge in [-0.25, -0.2) is 0 Å². The van der Waals surface area contributed by atoms with Crippen LogP contribution in [0.4, 0.5) is 0 Å². The smallest absolute Gasteiger partial charge is 0.306 e. The van der Waals surface area contributed by atoms with E-state index in [1.165, 1.54) is 0 Å². The molecule has 0 radical (unpaired) electrons. The molecule has 0 atom stereocenters. The zero-order valence-corrected chi connectivity index (χ0v) is 12.2. The zero-order valence-electron chi connectivity index (χ0n) is 11.5. The van der Waals surface area contributed by atoms with E-state index in [2.05, 4.69) is 5.32 Å². The van der Waals surface area contributed by atoms with E-state index in [9.17, 15) is 9.59 Å². The van der Waals surface area contributed by atoms with Crippen LogP contribution in [-0.2, 0) is 11.8 Å². The lowest BCUT2D eigenvalue weighted by molar-refractivity contribution is -0.145. The maximum atomic E-state index is 12.4. The van der Waals surface area contributed by atoms with E-state index in [1.54, 1.807) is 11.6 Å². The van der Waals surface area contributed by atoms with Crippen molar-refractivity contribution in [1.29, 1.82) is 0 Å². The lowest BCUT2D eigenvalue weighted by atomic mass is 9.80. The van der Waals surface area contributed by atoms with Crippen LogP contribution in [0, 0.1) is 5.92 Å². The first-order valence-electron chi connectivity index (χ1n) is 6.75. The molecule has 0 spiro atoms. The number of carboxylic acid groups (broad SMARTS) is 1. The number of hydrogen-bond acceptors (Lipinski definition) is 2. The zero-order chi connectivity index (χ0) is 15.1. The first kappa shape index (κ1) is 13.9. The monoisotopic (exact) mass is 306 g/mol. The maximum absolute atomic E-state index is 12.4. The van der Waals surface area contributed by atoms with E-state index in [4.69, 9.17) is 16.7 Å². The Labute approximate surface area is 126 Å². The van der Waals surface area contributed by atoms with E-state index in [1.807, 2.05) is 24.3 Å². The van der Waals surface area contributed by atoms with Crippen LogP contribution in [0.15, 0.2) is 24.3 Å². The predicted octanol–water partition coefficient (Wildman–Crippen LogP) is 2.42. The van der Waals surface area contributed by atoms with Crippen molar-refractivity contribution >= 4 is 34.4 Å². The summed E-state index contributed by atoms with van der Waals surface area (Å²) in [7, 11) is 1.80. The van der Waals surface area contributed by atoms with Gasteiger partial charge in [0.1, 0.15) is 5.69 Å². The summed E-state index contributed by atoms with van der Waals surface area (Å²) in [6, 6.07) is 7.45. The lowest BCUT2D eigenvalue weighted by Gasteiger charge is -2.32. The van der Waals surface area contributed by atoms with Crippen molar-refractivity contribution in [2.75, 3.05) is 0 Å². The van der Waals surface area contributed by atoms with Gasteiger partial charge >= 0.3 is 5.97 Å². The number of hydrogen-bond donors (Lipinski definition) is 2. The minimum absolute atomic E-state index is 0.0901. The fourth-order valence-electron chi connectivity index (χ4n) is 2.79. The summed E-state index contributed by atoms with van der Waals surface area (Å²) < 4.78 is 1.76. The number of carboxylic acids is 1. The standard InChI is InChI=1S/C15H15ClN2O3/c1-18-11-5-3-2-4-10(11)12(16)13(18)14(19)17-9-6-8(7-9)15(20)21/h2-5,8-9H,6-7H2,1H3,(H,17,19)(H,20,21). The number of aromatic nitrogens is 1. The number of nitrogens with one attached hydrogen (secondary N) is 1. The van der Waals surface area contributed by atoms with Crippen molar-refractivity contribution in [1.82, 2.24) is 9.88 Å². The number of nitrogens with zero attached hydrogens (tertiary/aromatic N) is 1. The molecule has 21 heavy (non-hydrogen) atoms. The fraction of sp³-hybridized carbons (Fsp3) is 0.333. The van der Waals surface area contributed by atoms with Gasteiger partial charge in [-0.15, -0.1) is 0 Å². The summed E-state index contributed by atoms with van der Waals surface area (Å²) in [6.45, 7) is 0. The second-order valence-corrected chi connectivity index (χ2v) is 5.79. The van der Waals surface area contributed by atoms with E-state index < -0.39 is 5.97 Å². The Bertz CT molecular complexity index is 693. The summed E-state index contributed by atoms with van der Waals surface area (Å²) >= 11 is 6.31. The van der Waals surface area contributed by atoms with Gasteiger partial charge in [0.05, 0.1) is 10.9 Å². The average Bonchev–Trinajstić information content (AvgIpc) is 2.66. The molecule has 1 aromatic heterocycles. The Morgan fingerprint density at radius 3 is 2.62 bits per heavy atom. The van der Waals surface area contributed by atoms with E-state index in [0.29, 0.717) is 23.6 Å². The molecule has 110 valence electrons. The van der Waals surface area contributed by atoms with Crippen LogP contribution in [0.5, 0.6) is 0 Å². The Morgan fingerprint density at radius 2 is 2.00 bits per heavy atom. The van der Waals surface area contributed by atoms with Gasteiger partial charge in [0.2, 0.25) is 0 Å². The normalized spacial score (nSPS) is 21.0. The Balaban J connectivity index is 1.81. The lowest BCUT2D eigenvalue weighted by Crippen LogP contribution is -2.47. The minimum atomic E-state index is -0.803. The number of halogens is 1. The van der Waals surface area contributed by atoms with Crippen molar-refractivity contribution in [3.05, 3.63) is 35.0 Å². The van der Waals surface area contributed by atoms with Gasteiger partial charge in [0.15, 0.2) is 0 Å². The summed E-state index contributed by atoms with van der Waals surface area (Å²) in [6.07, 6.45) is 0.950. The van der Waals surface area contributed by atoms with Gasteiger partial charge in [-0.2, -0.15) is 0 Å². The molecule has 1 fully saturated rings. The molecule has 1 amide bonds. The van der Waals surface area contributed by atoms with Crippen molar-refractivity contribution in [2.45, 2.75) is 18.9 Å². The van der Waals surface area contributed by atoms with Crippen LogP contribution in [-0.4, -0.2) is 27.6 Å². The summed E-state index contributed by atoms with van der Waals surface area (Å²) in [4.78, 5) is 23.1. The van der Waals surface area contributed by atoms with Crippen molar-refractivity contribution in [3.8, 4) is 0 Å². The number of aryl methyl sites for hydroxylation is 1. The number of carbonyl (C=O) groups is 2. The van der Waals surface area contributed by atoms with Crippen LogP contribution in [0.1, 0.15) is 23.3 Å². The molecule has 1 aromatic carbocycles. The molecule has 1 saturated carbocycles. The molecular formula is C15H15ClN2O3. The van der Waals surface area contributed by atoms with Crippen LogP contribution in [0.25, 0.3) is 10.9 Å². The van der Waals surface area contributed by atoms with Crippen LogP contribution < -0.4 is 5.32 Å². The van der Waals surface area contributed by atoms with E-state index in [-0.39, 0.29) is 17.9 Å². The Hall–Kier alpha value is -2.01. The van der Waals surface area contributed by atoms with E-state index in [0.717, 1.165) is 10.9 Å². The molecule has 5 nitrogen and oxygen atoms in total. The Kier molecular flexibility index (Phi) is 3.37. The highest BCUT2D eigenvalue weighted by Crippen LogP contribution is 2.31. The number of carbonyl (C=O) groups excluding carboxylic acids is 1. The Morgan fingerprint density at radius 1 is 1.33 bits per heavy atom. The van der Waals surface area contributed by atoms with Gasteiger partial charge < -0.3 is 15.0 Å². The van der Waals surface area contributed by atoms with Crippen LogP contribution in [0.2, 0.25) is 5.02 Å². The summed E-state index contributed by atoms with van der Waals surface area (Å²) in [5, 5.41) is 13.0. The largest absolute Gasteiger partial charge is 0.481 e. The van der Waals surface area contributed by atoms with Crippen molar-refractivity contribution in [3.63, 3.8) is 0 Å². The predicted molar refractivity (Wildman–Crippen MR) is 79.5 cm³/mol. The molecule has 1 heterocycles. The second-order valence-electron chi connectivity index (χ2n) is 5.42. The molecule has 3 rings (SSSR count). The number of aliphatic carboxylic acids is 1. The molecule has 0 aliphatic heterocycles. The van der Waals surface area contributed by atoms with Gasteiger partial charge in [-0.3, -0.25) is 9.59 Å². The highest BCUT2D eigenvalue weighted by Gasteiger charge is 2.36. The summed E-state index contributed by atoms with van der Waals surface area (Å²) in [5.74, 6) is -1.41. The third kappa shape index (κ3) is 2.27. The molecular weight excluding hydrogens is 292 g/mol. The third-order valence-corrected chi connectivity index (χ3v) is 4.47. The third-order valence-electron chi connectivity index (χ3n) is 4.08. The molecule has 0 bridgehead atoms. The number of amides is 1. The SMILES string of the molecule is Cn1c(C(=O)NC2CC(C(=O)O)C2)c(Cl)c2ccccc21. The van der Waals surface area contributed by atoms with Gasteiger partial charge in [0, 0.05) is 24.0 Å². The molecule has 0 unspecified atom stereocenters. The first-order chi connectivity index (χ1) is 9.99. The molecule has 1 aliphatic carbocycles. The van der Waals surface area contributed by atoms with Gasteiger partial charge in [-0.1, -0.05) is 29.8 Å². The molecule has 6 heteroatoms. The maximum Gasteiger partial charge on any atom is 0.306 e. The number of para-hydroxylation sites is 1. The van der Waals surface area contributed by atoms with E-state index >= 15 is 0 Å².